The van der Waals surface area contributed by atoms with Crippen molar-refractivity contribution >= 4 is 35.6 Å². The Bertz CT molecular complexity index is 451. The van der Waals surface area contributed by atoms with Crippen molar-refractivity contribution in [3.05, 3.63) is 27.1 Å². The Morgan fingerprint density at radius 2 is 1.95 bits per heavy atom. The van der Waals surface area contributed by atoms with E-state index in [1.807, 2.05) is 5.38 Å². The summed E-state index contributed by atoms with van der Waals surface area (Å²) in [6.45, 7) is 12.4. The topological polar surface area (TPSA) is 22.1 Å². The molecule has 0 aliphatic heterocycles. The molecule has 0 saturated heterocycles. The van der Waals surface area contributed by atoms with Crippen molar-refractivity contribution < 1.29 is 4.43 Å². The van der Waals surface area contributed by atoms with Gasteiger partial charge in [0.15, 0.2) is 8.32 Å². The number of thiazole rings is 1. The second-order valence-corrected chi connectivity index (χ2v) is 13.4. The van der Waals surface area contributed by atoms with Gasteiger partial charge in [-0.3, -0.25) is 0 Å². The zero-order valence-electron chi connectivity index (χ0n) is 13.9. The van der Waals surface area contributed by atoms with Gasteiger partial charge in [-0.1, -0.05) is 32.9 Å². The molecule has 1 aromatic heterocycles. The second-order valence-electron chi connectivity index (χ2n) is 6.83. The average Bonchev–Trinajstić information content (AvgIpc) is 2.77. The Balaban J connectivity index is 2.10. The molecular weight excluding hydrogens is 362 g/mol. The number of rotatable bonds is 8. The molecule has 1 heterocycles. The summed E-state index contributed by atoms with van der Waals surface area (Å²) >= 11 is 5.10. The van der Waals surface area contributed by atoms with Crippen LogP contribution in [0.15, 0.2) is 22.1 Å². The maximum atomic E-state index is 6.16. The van der Waals surface area contributed by atoms with Crippen molar-refractivity contribution in [2.75, 3.05) is 6.61 Å². The van der Waals surface area contributed by atoms with Gasteiger partial charge in [-0.15, -0.1) is 11.3 Å². The third-order valence-electron chi connectivity index (χ3n) is 4.00. The minimum Gasteiger partial charge on any atom is -0.417 e. The summed E-state index contributed by atoms with van der Waals surface area (Å²) in [4.78, 5) is 4.39. The molecule has 0 bridgehead atoms. The average molecular weight is 390 g/mol. The highest BCUT2D eigenvalue weighted by Crippen LogP contribution is 2.36. The lowest BCUT2D eigenvalue weighted by Crippen LogP contribution is -2.40. The molecule has 0 aromatic carbocycles. The normalized spacial score (nSPS) is 13.2. The minimum absolute atomic E-state index is 0.310. The van der Waals surface area contributed by atoms with Crippen molar-refractivity contribution in [3.63, 3.8) is 0 Å². The van der Waals surface area contributed by atoms with Crippen molar-refractivity contribution in [3.8, 4) is 0 Å². The lowest BCUT2D eigenvalue weighted by Gasteiger charge is -2.36. The number of hydrogen-bond donors (Lipinski definition) is 0. The summed E-state index contributed by atoms with van der Waals surface area (Å²) in [5.74, 6) is 0. The van der Waals surface area contributed by atoms with E-state index in [1.165, 1.54) is 5.01 Å². The van der Waals surface area contributed by atoms with Gasteiger partial charge in [0.05, 0.1) is 5.01 Å². The quantitative estimate of drug-likeness (QED) is 0.300. The van der Waals surface area contributed by atoms with E-state index in [-0.39, 0.29) is 0 Å². The summed E-state index contributed by atoms with van der Waals surface area (Å²) in [7, 11) is -1.56. The first kappa shape index (κ1) is 19.1. The van der Waals surface area contributed by atoms with Crippen LogP contribution in [0, 0.1) is 0 Å². The van der Waals surface area contributed by atoms with Crippen LogP contribution >= 0.6 is 27.3 Å². The van der Waals surface area contributed by atoms with Crippen LogP contribution in [0.4, 0.5) is 0 Å². The fraction of sp³-hybridized carbons (Fsp3) is 0.688. The molecule has 120 valence electrons. The van der Waals surface area contributed by atoms with E-state index in [9.17, 15) is 0 Å². The molecule has 1 rings (SSSR count). The van der Waals surface area contributed by atoms with Gasteiger partial charge in [0.1, 0.15) is 4.60 Å². The summed E-state index contributed by atoms with van der Waals surface area (Å²) in [6, 6.07) is 0. The van der Waals surface area contributed by atoms with Gasteiger partial charge in [0.2, 0.25) is 0 Å². The largest absolute Gasteiger partial charge is 0.417 e. The zero-order valence-corrected chi connectivity index (χ0v) is 17.3. The van der Waals surface area contributed by atoms with Crippen LogP contribution in [-0.4, -0.2) is 19.9 Å². The van der Waals surface area contributed by atoms with Gasteiger partial charge in [-0.05, 0) is 53.3 Å². The first-order valence-electron chi connectivity index (χ1n) is 7.61. The number of nitrogens with zero attached hydrogens (tertiary/aromatic N) is 1. The van der Waals surface area contributed by atoms with E-state index < -0.39 is 8.32 Å². The standard InChI is InChI=1S/C16H28BrNOSSi/c1-16(2,3)21(4,5)19-12-10-8-6-7-9-11-15-18-14(17)13-20-15/h6-7,13H,8-12H2,1-5H3/b7-6+. The first-order valence-corrected chi connectivity index (χ1v) is 12.2. The number of aryl methyl sites for hydroxylation is 1. The molecule has 0 amide bonds. The van der Waals surface area contributed by atoms with Gasteiger partial charge >= 0.3 is 0 Å². The van der Waals surface area contributed by atoms with Crippen molar-refractivity contribution in [1.29, 1.82) is 0 Å². The van der Waals surface area contributed by atoms with Crippen LogP contribution in [0.1, 0.15) is 45.0 Å². The monoisotopic (exact) mass is 389 g/mol. The molecule has 0 radical (unpaired) electrons. The molecule has 0 spiro atoms. The Hall–Kier alpha value is 0.0269. The van der Waals surface area contributed by atoms with E-state index in [0.29, 0.717) is 5.04 Å². The number of halogens is 1. The van der Waals surface area contributed by atoms with Gasteiger partial charge in [0.25, 0.3) is 0 Å². The Labute approximate surface area is 143 Å². The lowest BCUT2D eigenvalue weighted by atomic mass is 10.2. The predicted molar refractivity (Wildman–Crippen MR) is 99.7 cm³/mol. The second kappa shape index (κ2) is 8.60. The molecule has 0 aliphatic carbocycles. The molecule has 1 aromatic rings. The molecular formula is C16H28BrNOSSi. The highest BCUT2D eigenvalue weighted by molar-refractivity contribution is 9.10. The predicted octanol–water partition coefficient (Wildman–Crippen LogP) is 6.20. The van der Waals surface area contributed by atoms with Crippen LogP contribution in [0.5, 0.6) is 0 Å². The Morgan fingerprint density at radius 3 is 2.52 bits per heavy atom. The van der Waals surface area contributed by atoms with E-state index in [0.717, 1.165) is 36.9 Å². The molecule has 0 atom stereocenters. The number of unbranched alkanes of at least 4 members (excludes halogenated alkanes) is 1. The lowest BCUT2D eigenvalue weighted by molar-refractivity contribution is 0.283. The van der Waals surface area contributed by atoms with E-state index in [1.54, 1.807) is 11.3 Å². The number of hydrogen-bond acceptors (Lipinski definition) is 3. The smallest absolute Gasteiger partial charge is 0.191 e. The summed E-state index contributed by atoms with van der Waals surface area (Å²) < 4.78 is 7.12. The molecule has 0 unspecified atom stereocenters. The number of aromatic nitrogens is 1. The number of allylic oxidation sites excluding steroid dienone is 2. The van der Waals surface area contributed by atoms with Crippen LogP contribution in [0.25, 0.3) is 0 Å². The van der Waals surface area contributed by atoms with E-state index in [4.69, 9.17) is 4.43 Å². The first-order chi connectivity index (χ1) is 9.72. The van der Waals surface area contributed by atoms with Gasteiger partial charge in [-0.25, -0.2) is 4.98 Å². The molecule has 0 saturated carbocycles. The van der Waals surface area contributed by atoms with E-state index >= 15 is 0 Å². The Kier molecular flexibility index (Phi) is 7.82. The van der Waals surface area contributed by atoms with Crippen molar-refractivity contribution in [2.24, 2.45) is 0 Å². The van der Waals surface area contributed by atoms with Crippen molar-refractivity contribution in [2.45, 2.75) is 64.6 Å². The molecule has 0 fully saturated rings. The Morgan fingerprint density at radius 1 is 1.29 bits per heavy atom. The molecule has 5 heteroatoms. The summed E-state index contributed by atoms with van der Waals surface area (Å²) in [5.41, 5.74) is 0. The molecule has 21 heavy (non-hydrogen) atoms. The summed E-state index contributed by atoms with van der Waals surface area (Å²) in [5, 5.41) is 3.55. The van der Waals surface area contributed by atoms with Crippen LogP contribution in [0.2, 0.25) is 18.1 Å². The van der Waals surface area contributed by atoms with Gasteiger partial charge in [0, 0.05) is 18.4 Å². The van der Waals surface area contributed by atoms with Crippen LogP contribution < -0.4 is 0 Å². The fourth-order valence-corrected chi connectivity index (χ4v) is 3.96. The maximum Gasteiger partial charge on any atom is 0.191 e. The highest BCUT2D eigenvalue weighted by atomic mass is 79.9. The highest BCUT2D eigenvalue weighted by Gasteiger charge is 2.36. The SMILES string of the molecule is CC(C)(C)[Si](C)(C)OCCC/C=C/CCc1nc(Br)cs1. The minimum atomic E-state index is -1.56. The van der Waals surface area contributed by atoms with Crippen LogP contribution in [0.3, 0.4) is 0 Å². The molecule has 0 aliphatic rings. The summed E-state index contributed by atoms with van der Waals surface area (Å²) in [6.07, 6.45) is 8.87. The van der Waals surface area contributed by atoms with Gasteiger partial charge < -0.3 is 4.43 Å². The maximum absolute atomic E-state index is 6.16. The third kappa shape index (κ3) is 7.22. The third-order valence-corrected chi connectivity index (χ3v) is 10.2. The van der Waals surface area contributed by atoms with Gasteiger partial charge in [-0.2, -0.15) is 0 Å². The zero-order chi connectivity index (χ0) is 15.9. The molecule has 2 nitrogen and oxygen atoms in total. The fourth-order valence-electron chi connectivity index (χ4n) is 1.59. The van der Waals surface area contributed by atoms with Crippen LogP contribution in [-0.2, 0) is 10.8 Å². The molecule has 0 N–H and O–H groups in total. The van der Waals surface area contributed by atoms with Crippen molar-refractivity contribution in [1.82, 2.24) is 4.98 Å². The van der Waals surface area contributed by atoms with E-state index in [2.05, 4.69) is 66.9 Å².